The predicted molar refractivity (Wildman–Crippen MR) is 237 cm³/mol. The topological polar surface area (TPSA) is 103 Å². The molecule has 0 radical (unpaired) electrons. The number of anilines is 2. The second-order valence-electron chi connectivity index (χ2n) is 14.9. The van der Waals surface area contributed by atoms with Gasteiger partial charge in [-0.05, 0) is 99.9 Å². The number of hydrogen-bond acceptors (Lipinski definition) is 6. The Hall–Kier alpha value is -6.10. The number of nitrogens with zero attached hydrogens (tertiary/aromatic N) is 6. The van der Waals surface area contributed by atoms with Crippen molar-refractivity contribution in [1.29, 1.82) is 0 Å². The van der Waals surface area contributed by atoms with Gasteiger partial charge in [-0.1, -0.05) is 60.7 Å². The Balaban J connectivity index is 0.000000171. The Bertz CT molecular complexity index is 2710. The fourth-order valence-electron chi connectivity index (χ4n) is 8.26. The molecule has 0 amide bonds. The number of halogens is 2. The molecule has 12 heteroatoms. The number of aryl methyl sites for hydroxylation is 6. The van der Waals surface area contributed by atoms with Crippen LogP contribution in [0.3, 0.4) is 0 Å². The third-order valence-corrected chi connectivity index (χ3v) is 11.5. The van der Waals surface area contributed by atoms with Crippen molar-refractivity contribution < 1.29 is 0 Å². The molecule has 2 N–H and O–H groups in total. The van der Waals surface area contributed by atoms with Crippen molar-refractivity contribution in [2.24, 2.45) is 0 Å². The smallest absolute Gasteiger partial charge is 0.255 e. The van der Waals surface area contributed by atoms with Gasteiger partial charge >= 0.3 is 0 Å². The monoisotopic (exact) mass is 812 g/mol. The summed E-state index contributed by atoms with van der Waals surface area (Å²) >= 11 is 0. The third-order valence-electron chi connectivity index (χ3n) is 11.5. The van der Waals surface area contributed by atoms with Crippen LogP contribution in [0.4, 0.5) is 11.4 Å². The molecule has 2 aromatic carbocycles. The molecule has 296 valence electrons. The maximum absolute atomic E-state index is 12.4. The zero-order chi connectivity index (χ0) is 38.5. The third kappa shape index (κ3) is 7.29. The van der Waals surface area contributed by atoms with Crippen molar-refractivity contribution in [3.8, 4) is 11.4 Å². The average molecular weight is 814 g/mol. The van der Waals surface area contributed by atoms with Crippen LogP contribution in [0.1, 0.15) is 70.0 Å². The number of benzene rings is 2. The summed E-state index contributed by atoms with van der Waals surface area (Å²) in [6, 6.07) is 32.2. The molecule has 2 aliphatic carbocycles. The molecule has 0 saturated carbocycles. The quantitative estimate of drug-likeness (QED) is 0.174. The van der Waals surface area contributed by atoms with Crippen molar-refractivity contribution in [3.63, 3.8) is 0 Å². The molecule has 0 spiro atoms. The van der Waals surface area contributed by atoms with Gasteiger partial charge in [0.05, 0.1) is 46.2 Å². The Morgan fingerprint density at radius 3 is 1.36 bits per heavy atom. The van der Waals surface area contributed by atoms with Gasteiger partial charge in [0, 0.05) is 48.3 Å². The van der Waals surface area contributed by atoms with Crippen LogP contribution in [0.15, 0.2) is 131 Å². The molecular weight excluding hydrogens is 767 g/mol. The summed E-state index contributed by atoms with van der Waals surface area (Å²) < 4.78 is 7.49. The van der Waals surface area contributed by atoms with E-state index in [1.807, 2.05) is 50.5 Å². The number of aromatic nitrogens is 6. The van der Waals surface area contributed by atoms with E-state index in [0.717, 1.165) is 82.5 Å². The number of nitrogens with one attached hydrogen (secondary N) is 2. The first-order valence-corrected chi connectivity index (χ1v) is 19.3. The molecule has 10 rings (SSSR count). The first-order chi connectivity index (χ1) is 27.2. The van der Waals surface area contributed by atoms with E-state index in [0.29, 0.717) is 0 Å². The number of hydrogen-bond donors (Lipinski definition) is 2. The number of imidazole rings is 2. The summed E-state index contributed by atoms with van der Waals surface area (Å²) in [5, 5.41) is 7.42. The van der Waals surface area contributed by atoms with Gasteiger partial charge in [0.25, 0.3) is 11.1 Å². The molecule has 6 aromatic heterocycles. The molecular formula is C46H46Cl2N8O2. The van der Waals surface area contributed by atoms with Crippen LogP contribution in [-0.2, 0) is 12.8 Å². The van der Waals surface area contributed by atoms with Gasteiger partial charge in [0.2, 0.25) is 0 Å². The van der Waals surface area contributed by atoms with E-state index in [4.69, 9.17) is 9.97 Å². The maximum atomic E-state index is 12.4. The summed E-state index contributed by atoms with van der Waals surface area (Å²) in [5.74, 6) is 0. The van der Waals surface area contributed by atoms with Crippen LogP contribution in [0.5, 0.6) is 0 Å². The van der Waals surface area contributed by atoms with Crippen LogP contribution in [0.25, 0.3) is 22.7 Å². The minimum Gasteiger partial charge on any atom is -0.375 e. The molecule has 0 fully saturated rings. The molecule has 58 heavy (non-hydrogen) atoms. The Morgan fingerprint density at radius 1 is 0.552 bits per heavy atom. The highest BCUT2D eigenvalue weighted by atomic mass is 35.5. The predicted octanol–water partition coefficient (Wildman–Crippen LogP) is 9.25. The fraction of sp³-hybridized carbons (Fsp3) is 0.217. The van der Waals surface area contributed by atoms with Gasteiger partial charge in [-0.25, -0.2) is 9.97 Å². The van der Waals surface area contributed by atoms with Crippen LogP contribution in [0.2, 0.25) is 0 Å². The van der Waals surface area contributed by atoms with E-state index in [1.165, 1.54) is 22.3 Å². The van der Waals surface area contributed by atoms with Crippen LogP contribution >= 0.6 is 24.8 Å². The lowest BCUT2D eigenvalue weighted by Gasteiger charge is -2.18. The second-order valence-corrected chi connectivity index (χ2v) is 14.9. The van der Waals surface area contributed by atoms with Gasteiger partial charge in [0.1, 0.15) is 0 Å². The van der Waals surface area contributed by atoms with E-state index < -0.39 is 0 Å². The zero-order valence-corrected chi connectivity index (χ0v) is 34.5. The van der Waals surface area contributed by atoms with Crippen molar-refractivity contribution in [3.05, 3.63) is 188 Å². The molecule has 2 aliphatic rings. The average Bonchev–Trinajstić information content (AvgIpc) is 3.97. The molecule has 6 heterocycles. The minimum atomic E-state index is -0.0477. The molecule has 0 bridgehead atoms. The molecule has 0 unspecified atom stereocenters. The van der Waals surface area contributed by atoms with E-state index in [2.05, 4.69) is 81.8 Å². The molecule has 10 nitrogen and oxygen atoms in total. The summed E-state index contributed by atoms with van der Waals surface area (Å²) in [6.45, 7) is 8.15. The van der Waals surface area contributed by atoms with Crippen molar-refractivity contribution in [2.45, 2.75) is 65.5 Å². The second kappa shape index (κ2) is 16.4. The first kappa shape index (κ1) is 40.1. The number of pyridine rings is 4. The lowest BCUT2D eigenvalue weighted by Crippen LogP contribution is -2.17. The van der Waals surface area contributed by atoms with Gasteiger partial charge < -0.3 is 19.4 Å². The van der Waals surface area contributed by atoms with Gasteiger partial charge in [-0.2, -0.15) is 0 Å². The molecule has 2 atom stereocenters. The van der Waals surface area contributed by atoms with E-state index in [9.17, 15) is 9.59 Å². The van der Waals surface area contributed by atoms with Crippen LogP contribution in [-0.4, -0.2) is 27.9 Å². The SMILES string of the molecule is Cc1nc2c(N[C@@H]3CCc4ccccc43)cc(-n3ccccc3=O)cn2c1C.Cc1nc2c(N[C@H]3CCc4ccccc43)cc(-n3ccccc3=O)cn2c1C.Cl.Cl. The molecule has 8 aromatic rings. The Labute approximate surface area is 349 Å². The molecule has 0 aliphatic heterocycles. The standard InChI is InChI=1S/2C23H22N4O.2ClH/c2*1-15-16(2)27-14-18(26-12-6-5-9-22(26)28)13-21(23(27)24-15)25-20-11-10-17-7-3-4-8-19(17)20;;/h2*3-9,12-14,20,25H,10-11H2,1-2H3;2*1H/t2*20-;;/m10../s1. The van der Waals surface area contributed by atoms with Crippen LogP contribution < -0.4 is 21.8 Å². The Kier molecular flexibility index (Phi) is 11.3. The van der Waals surface area contributed by atoms with Gasteiger partial charge in [0.15, 0.2) is 11.3 Å². The molecule has 0 saturated heterocycles. The number of fused-ring (bicyclic) bond motifs is 4. The lowest BCUT2D eigenvalue weighted by atomic mass is 10.1. The van der Waals surface area contributed by atoms with Gasteiger partial charge in [-0.3, -0.25) is 18.7 Å². The largest absolute Gasteiger partial charge is 0.375 e. The zero-order valence-electron chi connectivity index (χ0n) is 32.8. The van der Waals surface area contributed by atoms with Crippen molar-refractivity contribution in [2.75, 3.05) is 10.6 Å². The fourth-order valence-corrected chi connectivity index (χ4v) is 8.26. The lowest BCUT2D eigenvalue weighted by molar-refractivity contribution is 0.761. The highest BCUT2D eigenvalue weighted by molar-refractivity contribution is 5.85. The summed E-state index contributed by atoms with van der Waals surface area (Å²) in [6.07, 6.45) is 11.8. The minimum absolute atomic E-state index is 0. The summed E-state index contributed by atoms with van der Waals surface area (Å²) in [5.41, 5.74) is 14.9. The summed E-state index contributed by atoms with van der Waals surface area (Å²) in [4.78, 5) is 34.3. The van der Waals surface area contributed by atoms with Crippen molar-refractivity contribution in [1.82, 2.24) is 27.9 Å². The number of rotatable bonds is 6. The Morgan fingerprint density at radius 2 is 0.948 bits per heavy atom. The van der Waals surface area contributed by atoms with Crippen LogP contribution in [0, 0.1) is 27.7 Å². The maximum Gasteiger partial charge on any atom is 0.255 e. The highest BCUT2D eigenvalue weighted by Crippen LogP contribution is 2.37. The van der Waals surface area contributed by atoms with E-state index in [-0.39, 0.29) is 48.0 Å². The first-order valence-electron chi connectivity index (χ1n) is 19.3. The van der Waals surface area contributed by atoms with Crippen molar-refractivity contribution >= 4 is 47.5 Å². The van der Waals surface area contributed by atoms with E-state index >= 15 is 0 Å². The van der Waals surface area contributed by atoms with E-state index in [1.54, 1.807) is 45.8 Å². The highest BCUT2D eigenvalue weighted by Gasteiger charge is 2.25. The normalized spacial score (nSPS) is 15.2. The van der Waals surface area contributed by atoms with Gasteiger partial charge in [-0.15, -0.1) is 24.8 Å². The summed E-state index contributed by atoms with van der Waals surface area (Å²) in [7, 11) is 0.